The van der Waals surface area contributed by atoms with Gasteiger partial charge in [0.1, 0.15) is 18.5 Å². The summed E-state index contributed by atoms with van der Waals surface area (Å²) in [6.07, 6.45) is 1.84. The molecule has 0 aromatic heterocycles. The molecule has 1 fully saturated rings. The summed E-state index contributed by atoms with van der Waals surface area (Å²) in [7, 11) is 0. The Hall–Kier alpha value is -3.31. The minimum absolute atomic E-state index is 0.0328. The minimum Gasteiger partial charge on any atom is -0.489 e. The van der Waals surface area contributed by atoms with Gasteiger partial charge in [0.25, 0.3) is 5.91 Å². The first-order valence-corrected chi connectivity index (χ1v) is 10.8. The molecule has 2 atom stereocenters. The molecule has 2 aliphatic heterocycles. The number of hydrogen-bond donors (Lipinski definition) is 1. The number of ether oxygens (including phenoxy) is 2. The highest BCUT2D eigenvalue weighted by Crippen LogP contribution is 2.35. The van der Waals surface area contributed by atoms with E-state index >= 15 is 0 Å². The molecule has 0 radical (unpaired) electrons. The maximum absolute atomic E-state index is 13.4. The van der Waals surface area contributed by atoms with E-state index in [0.29, 0.717) is 18.7 Å². The Labute approximate surface area is 182 Å². The highest BCUT2D eigenvalue weighted by molar-refractivity contribution is 6.01. The van der Waals surface area contributed by atoms with Crippen molar-refractivity contribution in [1.82, 2.24) is 4.90 Å². The summed E-state index contributed by atoms with van der Waals surface area (Å²) in [5, 5.41) is 3.56. The summed E-state index contributed by atoms with van der Waals surface area (Å²) in [6.45, 7) is 1.84. The number of amides is 1. The molecule has 5 rings (SSSR count). The lowest BCUT2D eigenvalue weighted by molar-refractivity contribution is 0.0426. The summed E-state index contributed by atoms with van der Waals surface area (Å²) in [4.78, 5) is 15.3. The maximum Gasteiger partial charge on any atom is 0.257 e. The standard InChI is InChI=1S/C26H26N2O3/c29-26-23-13-4-5-14-24(23)27-25(28(26)17-22-12-7-15-30-22)20-10-6-11-21(16-20)31-18-19-8-2-1-3-9-19/h1-6,8-11,13-14,16,22,25,27H,7,12,15,17-18H2. The Bertz CT molecular complexity index is 1050. The molecule has 1 N–H and O–H groups in total. The molecule has 2 unspecified atom stereocenters. The van der Waals surface area contributed by atoms with Crippen LogP contribution in [0.25, 0.3) is 0 Å². The van der Waals surface area contributed by atoms with Gasteiger partial charge in [0.2, 0.25) is 0 Å². The van der Waals surface area contributed by atoms with Gasteiger partial charge in [-0.1, -0.05) is 54.6 Å². The lowest BCUT2D eigenvalue weighted by Gasteiger charge is -2.39. The van der Waals surface area contributed by atoms with Gasteiger partial charge in [-0.15, -0.1) is 0 Å². The van der Waals surface area contributed by atoms with Crippen LogP contribution in [0.15, 0.2) is 78.9 Å². The van der Waals surface area contributed by atoms with E-state index in [1.807, 2.05) is 83.8 Å². The van der Waals surface area contributed by atoms with Crippen molar-refractivity contribution in [3.05, 3.63) is 95.6 Å². The monoisotopic (exact) mass is 414 g/mol. The molecule has 2 heterocycles. The number of para-hydroxylation sites is 1. The predicted molar refractivity (Wildman–Crippen MR) is 120 cm³/mol. The first-order chi connectivity index (χ1) is 15.3. The van der Waals surface area contributed by atoms with Gasteiger partial charge in [-0.25, -0.2) is 0 Å². The van der Waals surface area contributed by atoms with Crippen LogP contribution in [0.5, 0.6) is 5.75 Å². The molecule has 1 amide bonds. The average molecular weight is 415 g/mol. The third-order valence-electron chi connectivity index (χ3n) is 5.87. The van der Waals surface area contributed by atoms with Crippen LogP contribution in [0.1, 0.15) is 40.5 Å². The van der Waals surface area contributed by atoms with E-state index in [1.54, 1.807) is 0 Å². The maximum atomic E-state index is 13.4. The van der Waals surface area contributed by atoms with Crippen LogP contribution in [0.3, 0.4) is 0 Å². The second-order valence-electron chi connectivity index (χ2n) is 8.03. The van der Waals surface area contributed by atoms with Crippen molar-refractivity contribution in [2.45, 2.75) is 31.7 Å². The Morgan fingerprint density at radius 3 is 2.68 bits per heavy atom. The molecule has 3 aromatic rings. The van der Waals surface area contributed by atoms with Crippen LogP contribution in [0.2, 0.25) is 0 Å². The van der Waals surface area contributed by atoms with Crippen LogP contribution < -0.4 is 10.1 Å². The summed E-state index contributed by atoms with van der Waals surface area (Å²) in [5.41, 5.74) is 3.67. The fourth-order valence-electron chi connectivity index (χ4n) is 4.27. The zero-order valence-corrected chi connectivity index (χ0v) is 17.4. The number of rotatable bonds is 6. The lowest BCUT2D eigenvalue weighted by Crippen LogP contribution is -2.46. The SMILES string of the molecule is O=C1c2ccccc2NC(c2cccc(OCc3ccccc3)c2)N1CC1CCCO1. The number of fused-ring (bicyclic) bond motifs is 1. The Morgan fingerprint density at radius 1 is 1.00 bits per heavy atom. The third-order valence-corrected chi connectivity index (χ3v) is 5.87. The van der Waals surface area contributed by atoms with E-state index in [-0.39, 0.29) is 18.2 Å². The van der Waals surface area contributed by atoms with Crippen molar-refractivity contribution in [3.63, 3.8) is 0 Å². The van der Waals surface area contributed by atoms with Gasteiger partial charge in [0.15, 0.2) is 0 Å². The lowest BCUT2D eigenvalue weighted by atomic mass is 10.0. The molecule has 158 valence electrons. The second-order valence-corrected chi connectivity index (χ2v) is 8.03. The van der Waals surface area contributed by atoms with Gasteiger partial charge in [0.05, 0.1) is 11.7 Å². The predicted octanol–water partition coefficient (Wildman–Crippen LogP) is 5.01. The van der Waals surface area contributed by atoms with Gasteiger partial charge < -0.3 is 19.7 Å². The van der Waals surface area contributed by atoms with Crippen LogP contribution in [-0.2, 0) is 11.3 Å². The van der Waals surface area contributed by atoms with Crippen molar-refractivity contribution in [3.8, 4) is 5.75 Å². The fourth-order valence-corrected chi connectivity index (χ4v) is 4.27. The van der Waals surface area contributed by atoms with Crippen molar-refractivity contribution in [2.24, 2.45) is 0 Å². The van der Waals surface area contributed by atoms with Gasteiger partial charge in [-0.05, 0) is 48.2 Å². The van der Waals surface area contributed by atoms with E-state index < -0.39 is 0 Å². The van der Waals surface area contributed by atoms with Crippen LogP contribution >= 0.6 is 0 Å². The van der Waals surface area contributed by atoms with Crippen LogP contribution in [0, 0.1) is 0 Å². The summed E-state index contributed by atoms with van der Waals surface area (Å²) >= 11 is 0. The number of anilines is 1. The van der Waals surface area contributed by atoms with E-state index in [0.717, 1.165) is 42.0 Å². The number of nitrogens with one attached hydrogen (secondary N) is 1. The van der Waals surface area contributed by atoms with Gasteiger partial charge in [-0.3, -0.25) is 4.79 Å². The molecule has 2 aliphatic rings. The minimum atomic E-state index is -0.271. The smallest absolute Gasteiger partial charge is 0.257 e. The molecule has 5 heteroatoms. The number of nitrogens with zero attached hydrogens (tertiary/aromatic N) is 1. The summed E-state index contributed by atoms with van der Waals surface area (Å²) in [6, 6.07) is 25.8. The fraction of sp³-hybridized carbons (Fsp3) is 0.269. The Kier molecular flexibility index (Phi) is 5.59. The molecule has 1 saturated heterocycles. The molecule has 5 nitrogen and oxygen atoms in total. The highest BCUT2D eigenvalue weighted by Gasteiger charge is 2.35. The van der Waals surface area contributed by atoms with Gasteiger partial charge >= 0.3 is 0 Å². The number of benzene rings is 3. The molecule has 0 saturated carbocycles. The molecule has 3 aromatic carbocycles. The zero-order valence-electron chi connectivity index (χ0n) is 17.4. The highest BCUT2D eigenvalue weighted by atomic mass is 16.5. The normalized spacial score (nSPS) is 20.3. The Morgan fingerprint density at radius 2 is 1.84 bits per heavy atom. The summed E-state index contributed by atoms with van der Waals surface area (Å²) in [5.74, 6) is 0.817. The Balaban J connectivity index is 1.41. The molecule has 0 aliphatic carbocycles. The van der Waals surface area contributed by atoms with Crippen molar-refractivity contribution >= 4 is 11.6 Å². The van der Waals surface area contributed by atoms with Crippen molar-refractivity contribution in [1.29, 1.82) is 0 Å². The van der Waals surface area contributed by atoms with E-state index in [2.05, 4.69) is 5.32 Å². The number of hydrogen-bond acceptors (Lipinski definition) is 4. The zero-order chi connectivity index (χ0) is 21.0. The van der Waals surface area contributed by atoms with Crippen LogP contribution in [-0.4, -0.2) is 30.1 Å². The quantitative estimate of drug-likeness (QED) is 0.616. The van der Waals surface area contributed by atoms with Gasteiger partial charge in [-0.2, -0.15) is 0 Å². The van der Waals surface area contributed by atoms with E-state index in [1.165, 1.54) is 0 Å². The van der Waals surface area contributed by atoms with Crippen molar-refractivity contribution in [2.75, 3.05) is 18.5 Å². The third kappa shape index (κ3) is 4.28. The first-order valence-electron chi connectivity index (χ1n) is 10.8. The largest absolute Gasteiger partial charge is 0.489 e. The average Bonchev–Trinajstić information content (AvgIpc) is 3.34. The summed E-state index contributed by atoms with van der Waals surface area (Å²) < 4.78 is 11.9. The number of carbonyl (C=O) groups is 1. The second kappa shape index (κ2) is 8.82. The number of carbonyl (C=O) groups excluding carboxylic acids is 1. The molecular weight excluding hydrogens is 388 g/mol. The molecule has 0 bridgehead atoms. The molecule has 0 spiro atoms. The van der Waals surface area contributed by atoms with Crippen molar-refractivity contribution < 1.29 is 14.3 Å². The van der Waals surface area contributed by atoms with E-state index in [9.17, 15) is 4.79 Å². The molecular formula is C26H26N2O3. The van der Waals surface area contributed by atoms with Crippen LogP contribution in [0.4, 0.5) is 5.69 Å². The topological polar surface area (TPSA) is 50.8 Å². The van der Waals surface area contributed by atoms with Gasteiger partial charge in [0, 0.05) is 18.8 Å². The first kappa shape index (κ1) is 19.6. The van der Waals surface area contributed by atoms with E-state index in [4.69, 9.17) is 9.47 Å². The molecule has 31 heavy (non-hydrogen) atoms.